The quantitative estimate of drug-likeness (QED) is 0.369. The van der Waals surface area contributed by atoms with Gasteiger partial charge in [-0.3, -0.25) is 10.1 Å². The molecule has 0 aliphatic carbocycles. The Bertz CT molecular complexity index is 445. The second kappa shape index (κ2) is 6.26. The van der Waals surface area contributed by atoms with Crippen LogP contribution in [0.2, 0.25) is 0 Å². The molecule has 0 heterocycles. The summed E-state index contributed by atoms with van der Waals surface area (Å²) in [5.41, 5.74) is 0.675. The number of aliphatic carboxylic acids is 1. The molecular weight excluding hydrogens is 254 g/mol. The maximum absolute atomic E-state index is 11.0. The minimum Gasteiger partial charge on any atom is -0.550 e. The average molecular weight is 268 g/mol. The Balaban J connectivity index is 2.73. The highest BCUT2D eigenvalue weighted by atomic mass is 16.6. The molecule has 0 saturated carbocycles. The zero-order valence-electron chi connectivity index (χ0n) is 10.1. The van der Waals surface area contributed by atoms with Gasteiger partial charge in [0.05, 0.1) is 0 Å². The molecule has 1 aromatic rings. The van der Waals surface area contributed by atoms with E-state index in [4.69, 9.17) is 0 Å². The molecule has 0 aliphatic heterocycles. The molecule has 2 N–H and O–H groups in total. The van der Waals surface area contributed by atoms with E-state index in [0.29, 0.717) is 5.56 Å². The molecule has 7 heteroatoms. The molecule has 0 saturated heterocycles. The van der Waals surface area contributed by atoms with Gasteiger partial charge in [-0.2, -0.15) is 0 Å². The third kappa shape index (κ3) is 5.45. The Labute approximate surface area is 109 Å². The molecule has 1 rings (SSSR count). The largest absolute Gasteiger partial charge is 0.550 e. The predicted octanol–water partition coefficient (Wildman–Crippen LogP) is -1.06. The summed E-state index contributed by atoms with van der Waals surface area (Å²) in [6, 6.07) is 8.54. The number of aliphatic hydroxyl groups is 2. The first-order valence-electron chi connectivity index (χ1n) is 5.61. The number of hydrogen-bond donors (Lipinski definition) is 2. The predicted molar refractivity (Wildman–Crippen MR) is 62.3 cm³/mol. The van der Waals surface area contributed by atoms with Crippen LogP contribution in [0.1, 0.15) is 12.0 Å². The van der Waals surface area contributed by atoms with Crippen molar-refractivity contribution >= 4 is 5.97 Å². The third-order valence-electron chi connectivity index (χ3n) is 2.61. The molecular formula is C12H14NO6-. The number of carboxylic acid groups (broad SMARTS) is 1. The first-order chi connectivity index (χ1) is 8.80. The summed E-state index contributed by atoms with van der Waals surface area (Å²) in [6.07, 6.45) is -0.644. The van der Waals surface area contributed by atoms with Crippen molar-refractivity contribution in [3.05, 3.63) is 46.0 Å². The normalized spacial score (nSPS) is 12.9. The van der Waals surface area contributed by atoms with Gasteiger partial charge in [0.25, 0.3) is 6.54 Å². The van der Waals surface area contributed by atoms with E-state index in [1.54, 1.807) is 30.3 Å². The lowest BCUT2D eigenvalue weighted by Crippen LogP contribution is -2.43. The van der Waals surface area contributed by atoms with Crippen molar-refractivity contribution in [1.82, 2.24) is 0 Å². The highest BCUT2D eigenvalue weighted by molar-refractivity contribution is 5.68. The fourth-order valence-corrected chi connectivity index (χ4v) is 1.80. The Morgan fingerprint density at radius 2 is 1.89 bits per heavy atom. The molecule has 104 valence electrons. The maximum Gasteiger partial charge on any atom is 0.256 e. The molecule has 0 radical (unpaired) electrons. The van der Waals surface area contributed by atoms with Crippen LogP contribution in [0, 0.1) is 16.0 Å². The number of rotatable bonds is 7. The van der Waals surface area contributed by atoms with Crippen LogP contribution < -0.4 is 5.11 Å². The Hall–Kier alpha value is -1.99. The lowest BCUT2D eigenvalue weighted by atomic mass is 9.92. The van der Waals surface area contributed by atoms with Gasteiger partial charge in [0.15, 0.2) is 0 Å². The van der Waals surface area contributed by atoms with Gasteiger partial charge in [-0.1, -0.05) is 30.3 Å². The number of carbonyl (C=O) groups excluding carboxylic acids is 1. The van der Waals surface area contributed by atoms with Crippen LogP contribution in [-0.4, -0.2) is 33.4 Å². The zero-order chi connectivity index (χ0) is 14.5. The summed E-state index contributed by atoms with van der Waals surface area (Å²) in [5, 5.41) is 40.0. The molecule has 0 aromatic heterocycles. The maximum atomic E-state index is 11.0. The van der Waals surface area contributed by atoms with E-state index in [0.717, 1.165) is 0 Å². The van der Waals surface area contributed by atoms with Gasteiger partial charge < -0.3 is 20.1 Å². The minimum absolute atomic E-state index is 0.0176. The average Bonchev–Trinajstić information content (AvgIpc) is 2.27. The van der Waals surface area contributed by atoms with Crippen LogP contribution in [0.5, 0.6) is 0 Å². The van der Waals surface area contributed by atoms with Gasteiger partial charge >= 0.3 is 0 Å². The van der Waals surface area contributed by atoms with E-state index in [1.807, 2.05) is 0 Å². The topological polar surface area (TPSA) is 124 Å². The molecule has 1 aromatic carbocycles. The third-order valence-corrected chi connectivity index (χ3v) is 2.61. The van der Waals surface area contributed by atoms with E-state index in [1.165, 1.54) is 0 Å². The van der Waals surface area contributed by atoms with Crippen molar-refractivity contribution in [3.8, 4) is 0 Å². The van der Waals surface area contributed by atoms with Gasteiger partial charge in [-0.15, -0.1) is 0 Å². The lowest BCUT2D eigenvalue weighted by molar-refractivity contribution is -0.518. The number of benzene rings is 1. The summed E-state index contributed by atoms with van der Waals surface area (Å²) >= 11 is 0. The first-order valence-corrected chi connectivity index (χ1v) is 5.61. The summed E-state index contributed by atoms with van der Waals surface area (Å²) in [5.74, 6) is -5.35. The molecule has 0 amide bonds. The molecule has 0 bridgehead atoms. The standard InChI is InChI=1S/C12H15NO6/c14-11(15)10(6-9-4-2-1-3-5-9)7-12(16,17)8-13(18)19/h1-5,10,16-17H,6-8H2,(H,14,15)/p-1/t10-/m1/s1. The van der Waals surface area contributed by atoms with Crippen LogP contribution >= 0.6 is 0 Å². The SMILES string of the molecule is O=C([O-])[C@H](Cc1ccccc1)CC(O)(O)C[N+](=O)[O-]. The number of carboxylic acids is 1. The van der Waals surface area contributed by atoms with Crippen molar-refractivity contribution in [2.45, 2.75) is 18.6 Å². The Morgan fingerprint density at radius 1 is 1.32 bits per heavy atom. The van der Waals surface area contributed by atoms with Crippen LogP contribution in [-0.2, 0) is 11.2 Å². The second-order valence-corrected chi connectivity index (χ2v) is 4.38. The number of nitrogens with zero attached hydrogens (tertiary/aromatic N) is 1. The Kier molecular flexibility index (Phi) is 4.96. The van der Waals surface area contributed by atoms with E-state index >= 15 is 0 Å². The molecule has 1 atom stereocenters. The second-order valence-electron chi connectivity index (χ2n) is 4.38. The van der Waals surface area contributed by atoms with Crippen LogP contribution in [0.25, 0.3) is 0 Å². The van der Waals surface area contributed by atoms with Crippen molar-refractivity contribution in [2.24, 2.45) is 5.92 Å². The number of hydrogen-bond acceptors (Lipinski definition) is 6. The number of carbonyl (C=O) groups is 1. The van der Waals surface area contributed by atoms with E-state index in [-0.39, 0.29) is 6.42 Å². The first kappa shape index (κ1) is 15.1. The van der Waals surface area contributed by atoms with Crippen molar-refractivity contribution in [2.75, 3.05) is 6.54 Å². The van der Waals surface area contributed by atoms with Crippen molar-refractivity contribution in [1.29, 1.82) is 0 Å². The van der Waals surface area contributed by atoms with Crippen molar-refractivity contribution < 1.29 is 25.0 Å². The summed E-state index contributed by atoms with van der Waals surface area (Å²) in [7, 11) is 0. The van der Waals surface area contributed by atoms with Crippen molar-refractivity contribution in [3.63, 3.8) is 0 Å². The lowest BCUT2D eigenvalue weighted by Gasteiger charge is -2.25. The van der Waals surface area contributed by atoms with Gasteiger partial charge in [-0.25, -0.2) is 0 Å². The smallest absolute Gasteiger partial charge is 0.256 e. The van der Waals surface area contributed by atoms with Gasteiger partial charge in [0, 0.05) is 23.2 Å². The fraction of sp³-hybridized carbons (Fsp3) is 0.417. The van der Waals surface area contributed by atoms with Gasteiger partial charge in [-0.05, 0) is 12.0 Å². The monoisotopic (exact) mass is 268 g/mol. The van der Waals surface area contributed by atoms with Crippen LogP contribution in [0.4, 0.5) is 0 Å². The van der Waals surface area contributed by atoms with Gasteiger partial charge in [0.2, 0.25) is 5.79 Å². The number of nitro groups is 1. The molecule has 0 spiro atoms. The van der Waals surface area contributed by atoms with Gasteiger partial charge in [0.1, 0.15) is 0 Å². The van der Waals surface area contributed by atoms with E-state index in [9.17, 15) is 30.2 Å². The molecule has 0 unspecified atom stereocenters. The fourth-order valence-electron chi connectivity index (χ4n) is 1.80. The van der Waals surface area contributed by atoms with Crippen LogP contribution in [0.15, 0.2) is 30.3 Å². The summed E-state index contributed by atoms with van der Waals surface area (Å²) in [6.45, 7) is -1.13. The molecule has 7 nitrogen and oxygen atoms in total. The van der Waals surface area contributed by atoms with Crippen LogP contribution in [0.3, 0.4) is 0 Å². The minimum atomic E-state index is -2.66. The molecule has 0 fully saturated rings. The highest BCUT2D eigenvalue weighted by Gasteiger charge is 2.33. The zero-order valence-corrected chi connectivity index (χ0v) is 10.1. The molecule has 19 heavy (non-hydrogen) atoms. The highest BCUT2D eigenvalue weighted by Crippen LogP contribution is 2.19. The summed E-state index contributed by atoms with van der Waals surface area (Å²) < 4.78 is 0. The van der Waals surface area contributed by atoms with E-state index < -0.39 is 35.6 Å². The molecule has 0 aliphatic rings. The van der Waals surface area contributed by atoms with E-state index in [2.05, 4.69) is 0 Å². The Morgan fingerprint density at radius 3 is 2.37 bits per heavy atom. The summed E-state index contributed by atoms with van der Waals surface area (Å²) in [4.78, 5) is 20.3.